The van der Waals surface area contributed by atoms with E-state index in [1.54, 1.807) is 0 Å². The van der Waals surface area contributed by atoms with Gasteiger partial charge in [0, 0.05) is 6.04 Å². The smallest absolute Gasteiger partial charge is 0.323 e. The average Bonchev–Trinajstić information content (AvgIpc) is 2.01. The number of carbonyl (C=O) groups is 1. The Kier molecular flexibility index (Phi) is 1.83. The molecule has 3 rings (SSSR count). The normalized spacial score (nSPS) is 44.8. The molecule has 0 amide bonds. The number of nitrogens with one attached hydrogen (secondary N) is 1. The monoisotopic (exact) mass is 169 g/mol. The van der Waals surface area contributed by atoms with Gasteiger partial charge in [0.25, 0.3) is 0 Å². The summed E-state index contributed by atoms with van der Waals surface area (Å²) in [5.41, 5.74) is 0. The molecule has 3 heteroatoms. The molecule has 2 bridgehead atoms. The fourth-order valence-corrected chi connectivity index (χ4v) is 2.31. The summed E-state index contributed by atoms with van der Waals surface area (Å²) in [6, 6.07) is 0.530. The predicted octanol–water partition coefficient (Wildman–Crippen LogP) is 0.546. The number of ether oxygens (including phenoxy) is 1. The molecule has 12 heavy (non-hydrogen) atoms. The van der Waals surface area contributed by atoms with Crippen LogP contribution in [0.2, 0.25) is 0 Å². The Morgan fingerprint density at radius 3 is 2.67 bits per heavy atom. The first-order valence-corrected chi connectivity index (χ1v) is 4.56. The molecule has 0 radical (unpaired) electrons. The van der Waals surface area contributed by atoms with Gasteiger partial charge >= 0.3 is 5.97 Å². The molecule has 0 aromatic rings. The number of rotatable bonds is 1. The largest absolute Gasteiger partial charge is 0.468 e. The second-order valence-electron chi connectivity index (χ2n) is 3.96. The quantitative estimate of drug-likeness (QED) is 0.582. The van der Waals surface area contributed by atoms with Crippen LogP contribution in [0.15, 0.2) is 0 Å². The highest BCUT2D eigenvalue weighted by Gasteiger charge is 2.46. The van der Waals surface area contributed by atoms with E-state index in [1.165, 1.54) is 20.0 Å². The Labute approximate surface area is 72.5 Å². The number of methoxy groups -OCH3 is 1. The molecule has 3 nitrogen and oxygen atoms in total. The summed E-state index contributed by atoms with van der Waals surface area (Å²) in [7, 11) is 1.46. The van der Waals surface area contributed by atoms with E-state index >= 15 is 0 Å². The van der Waals surface area contributed by atoms with Gasteiger partial charge in [0.2, 0.25) is 0 Å². The zero-order valence-electron chi connectivity index (χ0n) is 7.54. The summed E-state index contributed by atoms with van der Waals surface area (Å²) in [5.74, 6) is 1.10. The SMILES string of the molecule is COC(=O)C1NC2CC(C2)C1C. The number of piperidine rings is 2. The van der Waals surface area contributed by atoms with Crippen LogP contribution in [0.4, 0.5) is 0 Å². The van der Waals surface area contributed by atoms with Gasteiger partial charge in [0.1, 0.15) is 6.04 Å². The molecule has 1 N–H and O–H groups in total. The van der Waals surface area contributed by atoms with E-state index in [1.807, 2.05) is 0 Å². The molecule has 2 heterocycles. The second-order valence-corrected chi connectivity index (χ2v) is 3.96. The lowest BCUT2D eigenvalue weighted by atomic mass is 9.66. The molecule has 2 unspecified atom stereocenters. The van der Waals surface area contributed by atoms with Crippen LogP contribution in [0.25, 0.3) is 0 Å². The minimum absolute atomic E-state index is 0.0486. The Balaban J connectivity index is 2.02. The van der Waals surface area contributed by atoms with E-state index in [0.717, 1.165) is 5.92 Å². The summed E-state index contributed by atoms with van der Waals surface area (Å²) in [5, 5.41) is 3.31. The second kappa shape index (κ2) is 2.73. The zero-order chi connectivity index (χ0) is 8.72. The molecule has 2 aliphatic heterocycles. The van der Waals surface area contributed by atoms with Crippen LogP contribution in [0.3, 0.4) is 0 Å². The Hall–Kier alpha value is -0.570. The van der Waals surface area contributed by atoms with Crippen molar-refractivity contribution < 1.29 is 9.53 Å². The van der Waals surface area contributed by atoms with Crippen LogP contribution >= 0.6 is 0 Å². The Morgan fingerprint density at radius 1 is 1.50 bits per heavy atom. The lowest BCUT2D eigenvalue weighted by Gasteiger charge is -2.49. The van der Waals surface area contributed by atoms with Crippen molar-refractivity contribution in [1.82, 2.24) is 5.32 Å². The molecule has 2 saturated heterocycles. The van der Waals surface area contributed by atoms with Crippen molar-refractivity contribution in [3.63, 3.8) is 0 Å². The Bertz CT molecular complexity index is 199. The summed E-state index contributed by atoms with van der Waals surface area (Å²) in [6.45, 7) is 2.13. The van der Waals surface area contributed by atoms with Gasteiger partial charge in [0.15, 0.2) is 0 Å². The third kappa shape index (κ3) is 1.04. The molecule has 1 saturated carbocycles. The number of hydrogen-bond donors (Lipinski definition) is 1. The van der Waals surface area contributed by atoms with Crippen LogP contribution < -0.4 is 5.32 Å². The van der Waals surface area contributed by atoms with Crippen molar-refractivity contribution >= 4 is 5.97 Å². The maximum atomic E-state index is 11.3. The van der Waals surface area contributed by atoms with Crippen molar-refractivity contribution in [2.75, 3.05) is 7.11 Å². The maximum absolute atomic E-state index is 11.3. The topological polar surface area (TPSA) is 38.3 Å². The van der Waals surface area contributed by atoms with E-state index in [9.17, 15) is 4.79 Å². The first-order valence-electron chi connectivity index (χ1n) is 4.56. The molecular weight excluding hydrogens is 154 g/mol. The maximum Gasteiger partial charge on any atom is 0.323 e. The molecular formula is C9H15NO2. The average molecular weight is 169 g/mol. The van der Waals surface area contributed by atoms with E-state index in [-0.39, 0.29) is 12.0 Å². The van der Waals surface area contributed by atoms with Crippen molar-refractivity contribution in [1.29, 1.82) is 0 Å². The van der Waals surface area contributed by atoms with Crippen LogP contribution in [-0.4, -0.2) is 25.2 Å². The predicted molar refractivity (Wildman–Crippen MR) is 44.6 cm³/mol. The number of carbonyl (C=O) groups excluding carboxylic acids is 1. The minimum atomic E-state index is -0.100. The van der Waals surface area contributed by atoms with Gasteiger partial charge in [-0.05, 0) is 24.7 Å². The minimum Gasteiger partial charge on any atom is -0.468 e. The fraction of sp³-hybridized carbons (Fsp3) is 0.889. The van der Waals surface area contributed by atoms with Crippen molar-refractivity contribution in [2.45, 2.75) is 31.8 Å². The highest BCUT2D eigenvalue weighted by atomic mass is 16.5. The highest BCUT2D eigenvalue weighted by molar-refractivity contribution is 5.76. The van der Waals surface area contributed by atoms with Gasteiger partial charge in [-0.1, -0.05) is 6.92 Å². The first kappa shape index (κ1) is 8.05. The molecule has 3 fully saturated rings. The number of esters is 1. The Morgan fingerprint density at radius 2 is 2.17 bits per heavy atom. The van der Waals surface area contributed by atoms with Gasteiger partial charge in [-0.3, -0.25) is 4.79 Å². The van der Waals surface area contributed by atoms with Gasteiger partial charge < -0.3 is 10.1 Å². The highest BCUT2D eigenvalue weighted by Crippen LogP contribution is 2.40. The summed E-state index contributed by atoms with van der Waals surface area (Å²) in [4.78, 5) is 11.3. The summed E-state index contributed by atoms with van der Waals surface area (Å²) < 4.78 is 4.73. The van der Waals surface area contributed by atoms with Crippen molar-refractivity contribution in [3.05, 3.63) is 0 Å². The van der Waals surface area contributed by atoms with Crippen LogP contribution in [0.5, 0.6) is 0 Å². The van der Waals surface area contributed by atoms with E-state index in [0.29, 0.717) is 12.0 Å². The lowest BCUT2D eigenvalue weighted by molar-refractivity contribution is -0.148. The molecule has 3 aliphatic rings. The van der Waals surface area contributed by atoms with Gasteiger partial charge in [-0.25, -0.2) is 0 Å². The molecule has 0 aromatic heterocycles. The van der Waals surface area contributed by atoms with Gasteiger partial charge in [-0.15, -0.1) is 0 Å². The molecule has 68 valence electrons. The summed E-state index contributed by atoms with van der Waals surface area (Å²) in [6.07, 6.45) is 2.49. The van der Waals surface area contributed by atoms with E-state index in [4.69, 9.17) is 4.74 Å². The van der Waals surface area contributed by atoms with Gasteiger partial charge in [-0.2, -0.15) is 0 Å². The van der Waals surface area contributed by atoms with Crippen LogP contribution in [-0.2, 0) is 9.53 Å². The number of hydrogen-bond acceptors (Lipinski definition) is 3. The van der Waals surface area contributed by atoms with Crippen LogP contribution in [0, 0.1) is 11.8 Å². The lowest BCUT2D eigenvalue weighted by Crippen LogP contribution is -2.61. The van der Waals surface area contributed by atoms with E-state index < -0.39 is 0 Å². The van der Waals surface area contributed by atoms with Gasteiger partial charge in [0.05, 0.1) is 7.11 Å². The molecule has 0 aromatic carbocycles. The standard InChI is InChI=1S/C9H15NO2/c1-5-6-3-7(4-6)10-8(5)9(11)12-2/h5-8,10H,3-4H2,1-2H3. The fourth-order valence-electron chi connectivity index (χ4n) is 2.31. The molecule has 1 aliphatic carbocycles. The third-order valence-corrected chi connectivity index (χ3v) is 3.31. The molecule has 2 atom stereocenters. The molecule has 0 spiro atoms. The van der Waals surface area contributed by atoms with E-state index in [2.05, 4.69) is 12.2 Å². The zero-order valence-corrected chi connectivity index (χ0v) is 7.54. The summed E-state index contributed by atoms with van der Waals surface area (Å²) >= 11 is 0. The van der Waals surface area contributed by atoms with Crippen molar-refractivity contribution in [2.24, 2.45) is 11.8 Å². The third-order valence-electron chi connectivity index (χ3n) is 3.31. The van der Waals surface area contributed by atoms with Crippen LogP contribution in [0.1, 0.15) is 19.8 Å². The number of fused-ring (bicyclic) bond motifs is 2. The first-order chi connectivity index (χ1) is 5.72. The van der Waals surface area contributed by atoms with Crippen molar-refractivity contribution in [3.8, 4) is 0 Å².